The average molecular weight is 271 g/mol. The van der Waals surface area contributed by atoms with Gasteiger partial charge in [-0.3, -0.25) is 0 Å². The molecule has 0 aromatic heterocycles. The van der Waals surface area contributed by atoms with Crippen molar-refractivity contribution in [2.45, 2.75) is 6.92 Å². The van der Waals surface area contributed by atoms with Gasteiger partial charge >= 0.3 is 5.97 Å². The first-order valence-electron chi connectivity index (χ1n) is 4.30. The second-order valence-corrected chi connectivity index (χ2v) is 4.11. The van der Waals surface area contributed by atoms with Gasteiger partial charge in [-0.15, -0.1) is 0 Å². The zero-order valence-corrected chi connectivity index (χ0v) is 9.87. The topological polar surface area (TPSA) is 46.5 Å². The molecule has 0 fully saturated rings. The number of aromatic carboxylic acids is 1. The first kappa shape index (κ1) is 11.8. The maximum absolute atomic E-state index is 10.9. The van der Waals surface area contributed by atoms with Crippen LogP contribution in [0.1, 0.15) is 17.3 Å². The summed E-state index contributed by atoms with van der Waals surface area (Å²) in [4.78, 5) is 10.9. The van der Waals surface area contributed by atoms with Crippen LogP contribution in [0.25, 0.3) is 0 Å². The predicted molar refractivity (Wildman–Crippen MR) is 61.4 cm³/mol. The van der Waals surface area contributed by atoms with Gasteiger partial charge in [-0.2, -0.15) is 0 Å². The molecule has 80 valence electrons. The van der Waals surface area contributed by atoms with E-state index >= 15 is 0 Å². The first-order valence-corrected chi connectivity index (χ1v) is 5.10. The third kappa shape index (κ3) is 3.40. The van der Waals surface area contributed by atoms with Gasteiger partial charge in [0.2, 0.25) is 0 Å². The number of carboxylic acids is 1. The molecule has 0 saturated heterocycles. The summed E-state index contributed by atoms with van der Waals surface area (Å²) in [6.45, 7) is 5.82. The van der Waals surface area contributed by atoms with E-state index < -0.39 is 5.97 Å². The lowest BCUT2D eigenvalue weighted by Crippen LogP contribution is -2.04. The van der Waals surface area contributed by atoms with E-state index in [2.05, 4.69) is 22.5 Å². The lowest BCUT2D eigenvalue weighted by molar-refractivity contribution is 0.0692. The number of benzene rings is 1. The zero-order chi connectivity index (χ0) is 11.4. The van der Waals surface area contributed by atoms with Crippen molar-refractivity contribution < 1.29 is 14.6 Å². The van der Waals surface area contributed by atoms with Crippen LogP contribution in [0.5, 0.6) is 5.75 Å². The Balaban J connectivity index is 2.95. The van der Waals surface area contributed by atoms with Gasteiger partial charge in [-0.05, 0) is 30.7 Å². The fraction of sp³-hybridized carbons (Fsp3) is 0.182. The maximum atomic E-state index is 10.9. The molecule has 0 amide bonds. The minimum atomic E-state index is -1.01. The molecule has 4 heteroatoms. The van der Waals surface area contributed by atoms with E-state index in [-0.39, 0.29) is 5.56 Å². The molecule has 0 aliphatic heterocycles. The molecule has 0 aliphatic carbocycles. The number of rotatable bonds is 4. The van der Waals surface area contributed by atoms with Crippen LogP contribution >= 0.6 is 15.9 Å². The highest BCUT2D eigenvalue weighted by Gasteiger charge is 2.11. The van der Waals surface area contributed by atoms with Crippen LogP contribution < -0.4 is 4.74 Å². The molecule has 0 aliphatic rings. The van der Waals surface area contributed by atoms with Crippen LogP contribution in [-0.2, 0) is 0 Å². The summed E-state index contributed by atoms with van der Waals surface area (Å²) in [7, 11) is 0. The van der Waals surface area contributed by atoms with Crippen LogP contribution in [0, 0.1) is 0 Å². The number of ether oxygens (including phenoxy) is 1. The second kappa shape index (κ2) is 4.98. The number of halogens is 1. The highest BCUT2D eigenvalue weighted by molar-refractivity contribution is 9.10. The summed E-state index contributed by atoms with van der Waals surface area (Å²) in [5, 5.41) is 8.93. The molecule has 0 heterocycles. The molecule has 1 aromatic carbocycles. The van der Waals surface area contributed by atoms with Crippen LogP contribution in [0.15, 0.2) is 34.8 Å². The molecule has 0 saturated carbocycles. The van der Waals surface area contributed by atoms with Crippen molar-refractivity contribution >= 4 is 21.9 Å². The van der Waals surface area contributed by atoms with Crippen molar-refractivity contribution in [1.82, 2.24) is 0 Å². The van der Waals surface area contributed by atoms with Crippen molar-refractivity contribution in [3.05, 3.63) is 40.4 Å². The third-order valence-corrected chi connectivity index (χ3v) is 2.14. The molecule has 0 spiro atoms. The second-order valence-electron chi connectivity index (χ2n) is 3.19. The van der Waals surface area contributed by atoms with Gasteiger partial charge in [0.1, 0.15) is 17.9 Å². The Kier molecular flexibility index (Phi) is 3.91. The van der Waals surface area contributed by atoms with Crippen molar-refractivity contribution in [1.29, 1.82) is 0 Å². The van der Waals surface area contributed by atoms with Crippen molar-refractivity contribution in [2.75, 3.05) is 6.61 Å². The van der Waals surface area contributed by atoms with E-state index in [1.54, 1.807) is 12.1 Å². The van der Waals surface area contributed by atoms with Gasteiger partial charge in [-0.25, -0.2) is 4.79 Å². The molecule has 3 nitrogen and oxygen atoms in total. The lowest BCUT2D eigenvalue weighted by Gasteiger charge is -2.08. The van der Waals surface area contributed by atoms with Gasteiger partial charge < -0.3 is 9.84 Å². The lowest BCUT2D eigenvalue weighted by atomic mass is 10.2. The average Bonchev–Trinajstić information content (AvgIpc) is 2.15. The van der Waals surface area contributed by atoms with E-state index in [1.165, 1.54) is 6.07 Å². The molecule has 0 bridgehead atoms. The fourth-order valence-electron chi connectivity index (χ4n) is 0.996. The Morgan fingerprint density at radius 3 is 2.80 bits per heavy atom. The number of hydrogen-bond acceptors (Lipinski definition) is 2. The Morgan fingerprint density at radius 1 is 1.60 bits per heavy atom. The van der Waals surface area contributed by atoms with E-state index in [0.29, 0.717) is 16.8 Å². The Labute approximate surface area is 96.5 Å². The summed E-state index contributed by atoms with van der Waals surface area (Å²) >= 11 is 3.21. The summed E-state index contributed by atoms with van der Waals surface area (Å²) in [6.07, 6.45) is 0. The molecular weight excluding hydrogens is 260 g/mol. The molecule has 1 rings (SSSR count). The van der Waals surface area contributed by atoms with E-state index in [1.807, 2.05) is 6.92 Å². The van der Waals surface area contributed by atoms with Gasteiger partial charge in [0.25, 0.3) is 0 Å². The van der Waals surface area contributed by atoms with E-state index in [9.17, 15) is 4.79 Å². The molecular formula is C11H11BrO3. The maximum Gasteiger partial charge on any atom is 0.339 e. The molecule has 0 atom stereocenters. The van der Waals surface area contributed by atoms with Crippen LogP contribution in [0.4, 0.5) is 0 Å². The Bertz CT molecular complexity index is 399. The Morgan fingerprint density at radius 2 is 2.27 bits per heavy atom. The minimum absolute atomic E-state index is 0.144. The largest absolute Gasteiger partial charge is 0.488 e. The highest BCUT2D eigenvalue weighted by atomic mass is 79.9. The molecule has 1 aromatic rings. The van der Waals surface area contributed by atoms with Crippen LogP contribution in [0.2, 0.25) is 0 Å². The molecule has 1 N–H and O–H groups in total. The summed E-state index contributed by atoms with van der Waals surface area (Å²) in [6, 6.07) is 4.87. The monoisotopic (exact) mass is 270 g/mol. The molecule has 0 unspecified atom stereocenters. The molecule has 15 heavy (non-hydrogen) atoms. The van der Waals surface area contributed by atoms with Crippen LogP contribution in [-0.4, -0.2) is 17.7 Å². The molecule has 0 radical (unpaired) electrons. The quantitative estimate of drug-likeness (QED) is 0.856. The third-order valence-electron chi connectivity index (χ3n) is 1.65. The minimum Gasteiger partial charge on any atom is -0.488 e. The number of hydrogen-bond donors (Lipinski definition) is 1. The van der Waals surface area contributed by atoms with Crippen LogP contribution in [0.3, 0.4) is 0 Å². The van der Waals surface area contributed by atoms with Gasteiger partial charge in [0, 0.05) is 4.47 Å². The Hall–Kier alpha value is -1.29. The zero-order valence-electron chi connectivity index (χ0n) is 8.29. The summed E-state index contributed by atoms with van der Waals surface area (Å²) < 4.78 is 6.02. The standard InChI is InChI=1S/C11H11BrO3/c1-7(2)6-15-10-4-3-8(12)5-9(10)11(13)14/h3-5H,1,6H2,2H3,(H,13,14). The number of carboxylic acid groups (broad SMARTS) is 1. The normalized spacial score (nSPS) is 9.73. The van der Waals surface area contributed by atoms with Gasteiger partial charge in [-0.1, -0.05) is 22.5 Å². The van der Waals surface area contributed by atoms with Crippen molar-refractivity contribution in [3.63, 3.8) is 0 Å². The van der Waals surface area contributed by atoms with E-state index in [4.69, 9.17) is 9.84 Å². The summed E-state index contributed by atoms with van der Waals surface area (Å²) in [5.41, 5.74) is 0.986. The van der Waals surface area contributed by atoms with E-state index in [0.717, 1.165) is 5.57 Å². The fourth-order valence-corrected chi connectivity index (χ4v) is 1.36. The smallest absolute Gasteiger partial charge is 0.339 e. The highest BCUT2D eigenvalue weighted by Crippen LogP contribution is 2.23. The van der Waals surface area contributed by atoms with Gasteiger partial charge in [0.15, 0.2) is 0 Å². The summed E-state index contributed by atoms with van der Waals surface area (Å²) in [5.74, 6) is -0.651. The SMILES string of the molecule is C=C(C)COc1ccc(Br)cc1C(=O)O. The number of carbonyl (C=O) groups is 1. The predicted octanol–water partition coefficient (Wildman–Crippen LogP) is 3.10. The van der Waals surface area contributed by atoms with Crippen molar-refractivity contribution in [3.8, 4) is 5.75 Å². The first-order chi connectivity index (χ1) is 7.00. The van der Waals surface area contributed by atoms with Gasteiger partial charge in [0.05, 0.1) is 0 Å². The van der Waals surface area contributed by atoms with Crippen molar-refractivity contribution in [2.24, 2.45) is 0 Å².